The number of nitrogens with two attached hydrogens (primary N) is 1. The summed E-state index contributed by atoms with van der Waals surface area (Å²) >= 11 is 5.20. The number of anilines is 1. The average molecular weight is 297 g/mol. The first-order chi connectivity index (χ1) is 9.60. The van der Waals surface area contributed by atoms with Gasteiger partial charge < -0.3 is 21.1 Å². The number of rotatable bonds is 5. The van der Waals surface area contributed by atoms with Crippen LogP contribution in [0.2, 0.25) is 0 Å². The van der Waals surface area contributed by atoms with E-state index in [1.807, 2.05) is 6.92 Å². The number of carbonyl (C=O) groups is 1. The zero-order chi connectivity index (χ0) is 14.5. The van der Waals surface area contributed by atoms with Crippen LogP contribution in [0, 0.1) is 0 Å². The maximum atomic E-state index is 11.3. The molecule has 1 amide bonds. The topological polar surface area (TPSA) is 94.2 Å². The maximum Gasteiger partial charge on any atom is 0.271 e. The van der Waals surface area contributed by atoms with Crippen LogP contribution in [-0.2, 0) is 11.3 Å². The van der Waals surface area contributed by atoms with E-state index in [4.69, 9.17) is 22.7 Å². The largest absolute Gasteiger partial charge is 0.376 e. The predicted octanol–water partition coefficient (Wildman–Crippen LogP) is 0.467. The zero-order valence-electron chi connectivity index (χ0n) is 11.4. The molecule has 2 heterocycles. The molecule has 1 aromatic heterocycles. The lowest BCUT2D eigenvalue weighted by Crippen LogP contribution is -2.35. The summed E-state index contributed by atoms with van der Waals surface area (Å²) in [6, 6.07) is 0. The summed E-state index contributed by atoms with van der Waals surface area (Å²) in [5.41, 5.74) is 6.00. The van der Waals surface area contributed by atoms with Crippen molar-refractivity contribution in [1.29, 1.82) is 0 Å². The van der Waals surface area contributed by atoms with Crippen LogP contribution in [0.5, 0.6) is 0 Å². The van der Waals surface area contributed by atoms with E-state index in [1.54, 1.807) is 10.9 Å². The first-order valence-electron chi connectivity index (χ1n) is 6.64. The Bertz CT molecular complexity index is 496. The van der Waals surface area contributed by atoms with E-state index in [0.29, 0.717) is 23.9 Å². The van der Waals surface area contributed by atoms with Crippen molar-refractivity contribution in [3.05, 3.63) is 11.9 Å². The minimum atomic E-state index is -0.582. The third-order valence-electron chi connectivity index (χ3n) is 3.08. The summed E-state index contributed by atoms with van der Waals surface area (Å²) in [6.07, 6.45) is 4.03. The average Bonchev–Trinajstić information content (AvgIpc) is 3.05. The monoisotopic (exact) mass is 297 g/mol. The first-order valence-corrected chi connectivity index (χ1v) is 7.04. The second-order valence-corrected chi connectivity index (χ2v) is 4.99. The third kappa shape index (κ3) is 3.67. The molecule has 0 saturated carbocycles. The quantitative estimate of drug-likeness (QED) is 0.684. The van der Waals surface area contributed by atoms with Crippen LogP contribution in [0.3, 0.4) is 0 Å². The van der Waals surface area contributed by atoms with Gasteiger partial charge in [0, 0.05) is 25.9 Å². The van der Waals surface area contributed by atoms with Crippen LogP contribution < -0.4 is 16.4 Å². The minimum absolute atomic E-state index is 0.188. The van der Waals surface area contributed by atoms with E-state index < -0.39 is 5.91 Å². The first kappa shape index (κ1) is 14.7. The highest BCUT2D eigenvalue weighted by molar-refractivity contribution is 7.80. The van der Waals surface area contributed by atoms with Gasteiger partial charge in [0.25, 0.3) is 5.91 Å². The number of thiocarbonyl (C=S) groups is 1. The van der Waals surface area contributed by atoms with E-state index in [9.17, 15) is 4.79 Å². The molecule has 0 bridgehead atoms. The molecule has 1 saturated heterocycles. The van der Waals surface area contributed by atoms with Crippen LogP contribution in [-0.4, -0.2) is 40.1 Å². The van der Waals surface area contributed by atoms with Crippen molar-refractivity contribution in [2.24, 2.45) is 5.73 Å². The molecule has 1 atom stereocenters. The van der Waals surface area contributed by atoms with Crippen molar-refractivity contribution in [2.45, 2.75) is 32.4 Å². The predicted molar refractivity (Wildman–Crippen MR) is 79.6 cm³/mol. The summed E-state index contributed by atoms with van der Waals surface area (Å²) in [5.74, 6) is -0.582. The lowest BCUT2D eigenvalue weighted by Gasteiger charge is -2.13. The van der Waals surface area contributed by atoms with Gasteiger partial charge in [-0.3, -0.25) is 9.48 Å². The number of ether oxygens (including phenoxy) is 1. The SMILES string of the molecule is CCn1cc(NC(=S)NC[C@@H]2CCCO2)c(C(N)=O)n1. The fourth-order valence-electron chi connectivity index (χ4n) is 2.04. The smallest absolute Gasteiger partial charge is 0.271 e. The molecule has 0 aromatic carbocycles. The van der Waals surface area contributed by atoms with Gasteiger partial charge in [0.1, 0.15) is 0 Å². The third-order valence-corrected chi connectivity index (χ3v) is 3.33. The van der Waals surface area contributed by atoms with Crippen molar-refractivity contribution < 1.29 is 9.53 Å². The van der Waals surface area contributed by atoms with Gasteiger partial charge in [-0.25, -0.2) is 0 Å². The Morgan fingerprint density at radius 3 is 3.10 bits per heavy atom. The summed E-state index contributed by atoms with van der Waals surface area (Å²) in [7, 11) is 0. The summed E-state index contributed by atoms with van der Waals surface area (Å²) in [4.78, 5) is 11.3. The molecular weight excluding hydrogens is 278 g/mol. The lowest BCUT2D eigenvalue weighted by molar-refractivity contribution is 0.0995. The van der Waals surface area contributed by atoms with Crippen molar-refractivity contribution >= 4 is 28.9 Å². The Morgan fingerprint density at radius 1 is 1.70 bits per heavy atom. The van der Waals surface area contributed by atoms with E-state index in [1.165, 1.54) is 0 Å². The summed E-state index contributed by atoms with van der Waals surface area (Å²) in [6.45, 7) is 4.04. The number of hydrogen-bond acceptors (Lipinski definition) is 4. The normalized spacial score (nSPS) is 17.9. The van der Waals surface area contributed by atoms with Gasteiger partial charge in [0.15, 0.2) is 10.8 Å². The Morgan fingerprint density at radius 2 is 2.50 bits per heavy atom. The Balaban J connectivity index is 1.92. The molecule has 20 heavy (non-hydrogen) atoms. The van der Waals surface area contributed by atoms with Crippen molar-refractivity contribution in [2.75, 3.05) is 18.5 Å². The van der Waals surface area contributed by atoms with Gasteiger partial charge in [0.2, 0.25) is 0 Å². The molecule has 1 aliphatic heterocycles. The summed E-state index contributed by atoms with van der Waals surface area (Å²) < 4.78 is 7.13. The standard InChI is InChI=1S/C12H19N5O2S/c1-2-17-7-9(10(16-17)11(13)18)15-12(20)14-6-8-4-3-5-19-8/h7-8H,2-6H2,1H3,(H2,13,18)(H2,14,15,20)/t8-/m0/s1. The number of nitrogens with zero attached hydrogens (tertiary/aromatic N) is 2. The molecular formula is C12H19N5O2S. The van der Waals surface area contributed by atoms with E-state index in [-0.39, 0.29) is 11.8 Å². The number of primary amides is 1. The van der Waals surface area contributed by atoms with Gasteiger partial charge in [-0.15, -0.1) is 0 Å². The Kier molecular flexibility index (Phi) is 4.91. The van der Waals surface area contributed by atoms with Crippen molar-refractivity contribution in [3.63, 3.8) is 0 Å². The van der Waals surface area contributed by atoms with Gasteiger partial charge in [0.05, 0.1) is 11.8 Å². The molecule has 1 aromatic rings. The number of carbonyl (C=O) groups excluding carboxylic acids is 1. The molecule has 7 nitrogen and oxygen atoms in total. The van der Waals surface area contributed by atoms with E-state index in [0.717, 1.165) is 19.4 Å². The molecule has 0 unspecified atom stereocenters. The highest BCUT2D eigenvalue weighted by atomic mass is 32.1. The zero-order valence-corrected chi connectivity index (χ0v) is 12.2. The molecule has 8 heteroatoms. The number of amides is 1. The molecule has 0 spiro atoms. The van der Waals surface area contributed by atoms with Crippen LogP contribution in [0.25, 0.3) is 0 Å². The van der Waals surface area contributed by atoms with Crippen LogP contribution in [0.1, 0.15) is 30.3 Å². The number of nitrogens with one attached hydrogen (secondary N) is 2. The Labute approximate surface area is 122 Å². The maximum absolute atomic E-state index is 11.3. The highest BCUT2D eigenvalue weighted by Gasteiger charge is 2.17. The number of hydrogen-bond donors (Lipinski definition) is 3. The fourth-order valence-corrected chi connectivity index (χ4v) is 2.23. The highest BCUT2D eigenvalue weighted by Crippen LogP contribution is 2.14. The van der Waals surface area contributed by atoms with Gasteiger partial charge in [-0.1, -0.05) is 0 Å². The van der Waals surface area contributed by atoms with Crippen molar-refractivity contribution in [1.82, 2.24) is 15.1 Å². The molecule has 0 aliphatic carbocycles. The molecule has 2 rings (SSSR count). The van der Waals surface area contributed by atoms with Crippen LogP contribution in [0.4, 0.5) is 5.69 Å². The van der Waals surface area contributed by atoms with Gasteiger partial charge >= 0.3 is 0 Å². The fraction of sp³-hybridized carbons (Fsp3) is 0.583. The summed E-state index contributed by atoms with van der Waals surface area (Å²) in [5, 5.41) is 10.5. The van der Waals surface area contributed by atoms with E-state index >= 15 is 0 Å². The second kappa shape index (κ2) is 6.67. The van der Waals surface area contributed by atoms with E-state index in [2.05, 4.69) is 15.7 Å². The lowest BCUT2D eigenvalue weighted by atomic mass is 10.2. The molecule has 0 radical (unpaired) electrons. The molecule has 1 fully saturated rings. The van der Waals surface area contributed by atoms with Crippen LogP contribution in [0.15, 0.2) is 6.20 Å². The molecule has 110 valence electrons. The molecule has 4 N–H and O–H groups in total. The minimum Gasteiger partial charge on any atom is -0.376 e. The van der Waals surface area contributed by atoms with Crippen molar-refractivity contribution in [3.8, 4) is 0 Å². The Hall–Kier alpha value is -1.67. The van der Waals surface area contributed by atoms with Crippen LogP contribution >= 0.6 is 12.2 Å². The number of aromatic nitrogens is 2. The molecule has 1 aliphatic rings. The van der Waals surface area contributed by atoms with Gasteiger partial charge in [-0.05, 0) is 32.0 Å². The number of aryl methyl sites for hydroxylation is 1. The second-order valence-electron chi connectivity index (χ2n) is 4.58. The van der Waals surface area contributed by atoms with Gasteiger partial charge in [-0.2, -0.15) is 5.10 Å².